The van der Waals surface area contributed by atoms with Gasteiger partial charge in [0.1, 0.15) is 12.4 Å². The fraction of sp³-hybridized carbons (Fsp3) is 0.533. The Hall–Kier alpha value is -1.51. The first-order chi connectivity index (χ1) is 8.66. The topological polar surface area (TPSA) is 46.5 Å². The van der Waals surface area contributed by atoms with Crippen LogP contribution in [0.4, 0.5) is 0 Å². The zero-order valence-electron chi connectivity index (χ0n) is 10.8. The molecule has 1 aliphatic carbocycles. The molecule has 1 aromatic rings. The van der Waals surface area contributed by atoms with E-state index in [0.29, 0.717) is 0 Å². The monoisotopic (exact) mass is 248 g/mol. The molecule has 1 atom stereocenters. The highest BCUT2D eigenvalue weighted by molar-refractivity contribution is 5.70. The molecule has 3 nitrogen and oxygen atoms in total. The van der Waals surface area contributed by atoms with Crippen LogP contribution in [0, 0.1) is 18.8 Å². The Morgan fingerprint density at radius 1 is 1.33 bits per heavy atom. The van der Waals surface area contributed by atoms with Crippen molar-refractivity contribution in [3.05, 3.63) is 29.8 Å². The van der Waals surface area contributed by atoms with Crippen LogP contribution in [-0.2, 0) is 4.79 Å². The summed E-state index contributed by atoms with van der Waals surface area (Å²) in [7, 11) is 0. The predicted molar refractivity (Wildman–Crippen MR) is 69.8 cm³/mol. The summed E-state index contributed by atoms with van der Waals surface area (Å²) in [4.78, 5) is 11.3. The number of carboxylic acids is 1. The fourth-order valence-electron chi connectivity index (χ4n) is 2.59. The van der Waals surface area contributed by atoms with Gasteiger partial charge in [-0.3, -0.25) is 4.79 Å². The first kappa shape index (κ1) is 12.9. The van der Waals surface area contributed by atoms with E-state index >= 15 is 0 Å². The van der Waals surface area contributed by atoms with Crippen LogP contribution < -0.4 is 4.74 Å². The van der Waals surface area contributed by atoms with Crippen molar-refractivity contribution in [2.75, 3.05) is 6.61 Å². The SMILES string of the molecule is Cc1ccc(OCC(C(=O)O)C2CCCC2)cc1. The van der Waals surface area contributed by atoms with Crippen molar-refractivity contribution in [3.8, 4) is 5.75 Å². The summed E-state index contributed by atoms with van der Waals surface area (Å²) in [5.41, 5.74) is 1.17. The van der Waals surface area contributed by atoms with E-state index in [4.69, 9.17) is 4.74 Å². The highest BCUT2D eigenvalue weighted by atomic mass is 16.5. The quantitative estimate of drug-likeness (QED) is 0.870. The lowest BCUT2D eigenvalue weighted by Crippen LogP contribution is -2.28. The van der Waals surface area contributed by atoms with E-state index in [9.17, 15) is 9.90 Å². The van der Waals surface area contributed by atoms with Gasteiger partial charge in [0.2, 0.25) is 0 Å². The van der Waals surface area contributed by atoms with Crippen molar-refractivity contribution < 1.29 is 14.6 Å². The molecule has 0 amide bonds. The molecule has 0 aromatic heterocycles. The van der Waals surface area contributed by atoms with Crippen LogP contribution in [0.15, 0.2) is 24.3 Å². The standard InChI is InChI=1S/C15H20O3/c1-11-6-8-13(9-7-11)18-10-14(15(16)17)12-4-2-3-5-12/h6-9,12,14H,2-5,10H2,1H3,(H,16,17). The largest absolute Gasteiger partial charge is 0.493 e. The average Bonchev–Trinajstić information content (AvgIpc) is 2.85. The molecule has 0 bridgehead atoms. The van der Waals surface area contributed by atoms with E-state index in [2.05, 4.69) is 0 Å². The van der Waals surface area contributed by atoms with Gasteiger partial charge >= 0.3 is 5.97 Å². The van der Waals surface area contributed by atoms with Crippen molar-refractivity contribution in [3.63, 3.8) is 0 Å². The smallest absolute Gasteiger partial charge is 0.310 e. The molecule has 1 fully saturated rings. The van der Waals surface area contributed by atoms with Crippen molar-refractivity contribution in [2.45, 2.75) is 32.6 Å². The Labute approximate surface area is 108 Å². The lowest BCUT2D eigenvalue weighted by molar-refractivity contribution is -0.144. The Kier molecular flexibility index (Phi) is 4.24. The molecule has 1 unspecified atom stereocenters. The average molecular weight is 248 g/mol. The third-order valence-electron chi connectivity index (χ3n) is 3.74. The normalized spacial score (nSPS) is 17.6. The zero-order valence-corrected chi connectivity index (χ0v) is 10.8. The van der Waals surface area contributed by atoms with Crippen LogP contribution in [0.25, 0.3) is 0 Å². The summed E-state index contributed by atoms with van der Waals surface area (Å²) in [5.74, 6) is -0.0550. The molecule has 1 N–H and O–H groups in total. The highest BCUT2D eigenvalue weighted by Crippen LogP contribution is 2.32. The van der Waals surface area contributed by atoms with Gasteiger partial charge in [-0.1, -0.05) is 30.5 Å². The molecule has 0 spiro atoms. The number of aryl methyl sites for hydroxylation is 1. The molecule has 18 heavy (non-hydrogen) atoms. The van der Waals surface area contributed by atoms with Gasteiger partial charge in [-0.15, -0.1) is 0 Å². The number of benzene rings is 1. The van der Waals surface area contributed by atoms with Crippen molar-refractivity contribution >= 4 is 5.97 Å². The predicted octanol–water partition coefficient (Wildman–Crippen LogP) is 3.26. The van der Waals surface area contributed by atoms with Gasteiger partial charge < -0.3 is 9.84 Å². The Balaban J connectivity index is 1.93. The van der Waals surface area contributed by atoms with E-state index in [-0.39, 0.29) is 18.4 Å². The molecule has 3 heteroatoms. The van der Waals surface area contributed by atoms with E-state index in [0.717, 1.165) is 31.4 Å². The minimum absolute atomic E-state index is 0.281. The second kappa shape index (κ2) is 5.89. The van der Waals surface area contributed by atoms with Crippen molar-refractivity contribution in [1.29, 1.82) is 0 Å². The summed E-state index contributed by atoms with van der Waals surface area (Å²) < 4.78 is 5.62. The van der Waals surface area contributed by atoms with Gasteiger partial charge in [-0.05, 0) is 37.8 Å². The minimum atomic E-state index is -0.728. The number of hydrogen-bond donors (Lipinski definition) is 1. The van der Waals surface area contributed by atoms with Crippen LogP contribution in [0.1, 0.15) is 31.2 Å². The Morgan fingerprint density at radius 2 is 1.94 bits per heavy atom. The van der Waals surface area contributed by atoms with Crippen molar-refractivity contribution in [1.82, 2.24) is 0 Å². The number of carbonyl (C=O) groups is 1. The molecule has 0 aliphatic heterocycles. The fourth-order valence-corrected chi connectivity index (χ4v) is 2.59. The van der Waals surface area contributed by atoms with Crippen LogP contribution in [-0.4, -0.2) is 17.7 Å². The van der Waals surface area contributed by atoms with E-state index in [1.54, 1.807) is 0 Å². The third-order valence-corrected chi connectivity index (χ3v) is 3.74. The maximum atomic E-state index is 11.3. The lowest BCUT2D eigenvalue weighted by atomic mass is 9.92. The summed E-state index contributed by atoms with van der Waals surface area (Å²) >= 11 is 0. The van der Waals surface area contributed by atoms with Crippen LogP contribution >= 0.6 is 0 Å². The third kappa shape index (κ3) is 3.25. The molecular weight excluding hydrogens is 228 g/mol. The molecule has 0 heterocycles. The van der Waals surface area contributed by atoms with Crippen LogP contribution in [0.3, 0.4) is 0 Å². The molecule has 0 radical (unpaired) electrons. The molecule has 1 aliphatic rings. The van der Waals surface area contributed by atoms with Gasteiger partial charge in [-0.2, -0.15) is 0 Å². The van der Waals surface area contributed by atoms with E-state index in [1.165, 1.54) is 5.56 Å². The molecule has 0 saturated heterocycles. The summed E-state index contributed by atoms with van der Waals surface area (Å²) in [6, 6.07) is 7.73. The molecular formula is C15H20O3. The first-order valence-corrected chi connectivity index (χ1v) is 6.59. The van der Waals surface area contributed by atoms with Crippen LogP contribution in [0.2, 0.25) is 0 Å². The summed E-state index contributed by atoms with van der Waals surface area (Å²) in [5, 5.41) is 9.28. The van der Waals surface area contributed by atoms with Gasteiger partial charge in [-0.25, -0.2) is 0 Å². The van der Waals surface area contributed by atoms with Gasteiger partial charge in [0.05, 0.1) is 5.92 Å². The minimum Gasteiger partial charge on any atom is -0.493 e. The number of ether oxygens (including phenoxy) is 1. The molecule has 1 aromatic carbocycles. The van der Waals surface area contributed by atoms with Gasteiger partial charge in [0, 0.05) is 0 Å². The summed E-state index contributed by atoms with van der Waals surface area (Å²) in [6.07, 6.45) is 4.35. The van der Waals surface area contributed by atoms with Crippen molar-refractivity contribution in [2.24, 2.45) is 11.8 Å². The number of rotatable bonds is 5. The van der Waals surface area contributed by atoms with Crippen LogP contribution in [0.5, 0.6) is 5.75 Å². The number of hydrogen-bond acceptors (Lipinski definition) is 2. The second-order valence-corrected chi connectivity index (χ2v) is 5.11. The second-order valence-electron chi connectivity index (χ2n) is 5.11. The number of carboxylic acid groups (broad SMARTS) is 1. The lowest BCUT2D eigenvalue weighted by Gasteiger charge is -2.19. The van der Waals surface area contributed by atoms with E-state index in [1.807, 2.05) is 31.2 Å². The molecule has 1 saturated carbocycles. The zero-order chi connectivity index (χ0) is 13.0. The molecule has 98 valence electrons. The van der Waals surface area contributed by atoms with Gasteiger partial charge in [0.25, 0.3) is 0 Å². The molecule has 2 rings (SSSR count). The van der Waals surface area contributed by atoms with Gasteiger partial charge in [0.15, 0.2) is 0 Å². The number of aliphatic carboxylic acids is 1. The highest BCUT2D eigenvalue weighted by Gasteiger charge is 2.31. The van der Waals surface area contributed by atoms with E-state index < -0.39 is 5.97 Å². The maximum Gasteiger partial charge on any atom is 0.310 e. The maximum absolute atomic E-state index is 11.3. The summed E-state index contributed by atoms with van der Waals surface area (Å²) in [6.45, 7) is 2.30. The Morgan fingerprint density at radius 3 is 2.50 bits per heavy atom. The Bertz CT molecular complexity index is 391. The first-order valence-electron chi connectivity index (χ1n) is 6.59.